The fourth-order valence-corrected chi connectivity index (χ4v) is 4.23. The third kappa shape index (κ3) is 4.03. The molecule has 0 atom stereocenters. The van der Waals surface area contributed by atoms with Crippen molar-refractivity contribution in [2.75, 3.05) is 18.4 Å². The number of benzene rings is 1. The van der Waals surface area contributed by atoms with Crippen LogP contribution in [0, 0.1) is 0 Å². The zero-order chi connectivity index (χ0) is 18.0. The smallest absolute Gasteiger partial charge is 0.246 e. The molecule has 4 rings (SSSR count). The average molecular weight is 391 g/mol. The standard InChI is InChI=1S/C19H23ClN4OS/c20-16-4-2-1-3-14(16)13-24-10-7-19(8-11-24,17(25)22-15-5-6-15)23-18-21-9-12-26-18/h1-4,9,12,15H,5-8,10-11,13H2,(H,21,23)(H,22,25). The summed E-state index contributed by atoms with van der Waals surface area (Å²) in [5, 5.41) is 10.2. The number of hydrogen-bond acceptors (Lipinski definition) is 5. The second-order valence-electron chi connectivity index (χ2n) is 7.16. The highest BCUT2D eigenvalue weighted by atomic mass is 35.5. The third-order valence-electron chi connectivity index (χ3n) is 5.19. The number of rotatable bonds is 6. The van der Waals surface area contributed by atoms with Gasteiger partial charge in [0.25, 0.3) is 0 Å². The summed E-state index contributed by atoms with van der Waals surface area (Å²) < 4.78 is 0. The SMILES string of the molecule is O=C(NC1CC1)C1(Nc2nccs2)CCN(Cc2ccccc2Cl)CC1. The Morgan fingerprint density at radius 3 is 2.73 bits per heavy atom. The van der Waals surface area contributed by atoms with Gasteiger partial charge in [-0.2, -0.15) is 0 Å². The van der Waals surface area contributed by atoms with Crippen molar-refractivity contribution in [1.29, 1.82) is 0 Å². The van der Waals surface area contributed by atoms with Gasteiger partial charge in [0, 0.05) is 42.3 Å². The Labute approximate surface area is 162 Å². The molecule has 2 aromatic rings. The molecule has 1 aliphatic carbocycles. The van der Waals surface area contributed by atoms with Gasteiger partial charge in [-0.25, -0.2) is 4.98 Å². The summed E-state index contributed by atoms with van der Waals surface area (Å²) in [6, 6.07) is 8.32. The number of nitrogens with one attached hydrogen (secondary N) is 2. The molecular weight excluding hydrogens is 368 g/mol. The van der Waals surface area contributed by atoms with Gasteiger partial charge in [0.2, 0.25) is 5.91 Å². The van der Waals surface area contributed by atoms with E-state index in [1.807, 2.05) is 23.6 Å². The van der Waals surface area contributed by atoms with E-state index in [0.29, 0.717) is 6.04 Å². The molecule has 1 saturated heterocycles. The lowest BCUT2D eigenvalue weighted by Crippen LogP contribution is -2.58. The summed E-state index contributed by atoms with van der Waals surface area (Å²) in [6.45, 7) is 2.51. The first kappa shape index (κ1) is 17.8. The van der Waals surface area contributed by atoms with E-state index in [9.17, 15) is 4.79 Å². The molecule has 7 heteroatoms. The van der Waals surface area contributed by atoms with Crippen molar-refractivity contribution in [3.63, 3.8) is 0 Å². The van der Waals surface area contributed by atoms with E-state index in [-0.39, 0.29) is 5.91 Å². The van der Waals surface area contributed by atoms with Gasteiger partial charge >= 0.3 is 0 Å². The Hall–Kier alpha value is -1.63. The first-order chi connectivity index (χ1) is 12.6. The Kier molecular flexibility index (Phi) is 5.16. The van der Waals surface area contributed by atoms with Crippen LogP contribution in [0.25, 0.3) is 0 Å². The topological polar surface area (TPSA) is 57.3 Å². The van der Waals surface area contributed by atoms with Gasteiger partial charge in [-0.1, -0.05) is 29.8 Å². The lowest BCUT2D eigenvalue weighted by molar-refractivity contribution is -0.127. The molecule has 1 aromatic carbocycles. The largest absolute Gasteiger partial charge is 0.351 e. The Bertz CT molecular complexity index is 755. The summed E-state index contributed by atoms with van der Waals surface area (Å²) in [4.78, 5) is 19.7. The average Bonchev–Trinajstić information content (AvgIpc) is 3.31. The molecule has 1 saturated carbocycles. The van der Waals surface area contributed by atoms with Crippen LogP contribution in [0.15, 0.2) is 35.8 Å². The van der Waals surface area contributed by atoms with E-state index >= 15 is 0 Å². The molecule has 0 radical (unpaired) electrons. The van der Waals surface area contributed by atoms with Crippen molar-refractivity contribution < 1.29 is 4.79 Å². The number of halogens is 1. The molecule has 0 spiro atoms. The lowest BCUT2D eigenvalue weighted by atomic mass is 9.86. The summed E-state index contributed by atoms with van der Waals surface area (Å²) in [5.74, 6) is 0.118. The van der Waals surface area contributed by atoms with Gasteiger partial charge in [0.05, 0.1) is 0 Å². The molecule has 1 aliphatic heterocycles. The zero-order valence-corrected chi connectivity index (χ0v) is 16.2. The summed E-state index contributed by atoms with van der Waals surface area (Å²) in [6.07, 6.45) is 5.48. The predicted molar refractivity (Wildman–Crippen MR) is 106 cm³/mol. The number of likely N-dealkylation sites (tertiary alicyclic amines) is 1. The van der Waals surface area contributed by atoms with Crippen molar-refractivity contribution >= 4 is 34.0 Å². The summed E-state index contributed by atoms with van der Waals surface area (Å²) >= 11 is 7.84. The summed E-state index contributed by atoms with van der Waals surface area (Å²) in [7, 11) is 0. The molecule has 2 N–H and O–H groups in total. The van der Waals surface area contributed by atoms with Gasteiger partial charge in [-0.05, 0) is 37.3 Å². The van der Waals surface area contributed by atoms with Crippen LogP contribution < -0.4 is 10.6 Å². The highest BCUT2D eigenvalue weighted by Crippen LogP contribution is 2.31. The normalized spacial score (nSPS) is 19.9. The molecule has 1 amide bonds. The van der Waals surface area contributed by atoms with Crippen LogP contribution >= 0.6 is 22.9 Å². The number of carbonyl (C=O) groups is 1. The second-order valence-corrected chi connectivity index (χ2v) is 8.46. The number of nitrogens with zero attached hydrogens (tertiary/aromatic N) is 2. The molecule has 138 valence electrons. The van der Waals surface area contributed by atoms with E-state index in [0.717, 1.165) is 61.0 Å². The maximum Gasteiger partial charge on any atom is 0.246 e. The van der Waals surface area contributed by atoms with Crippen molar-refractivity contribution in [3.05, 3.63) is 46.4 Å². The minimum absolute atomic E-state index is 0.118. The van der Waals surface area contributed by atoms with Crippen molar-refractivity contribution in [3.8, 4) is 0 Å². The van der Waals surface area contributed by atoms with Crippen LogP contribution in [-0.4, -0.2) is 40.5 Å². The molecule has 0 bridgehead atoms. The number of hydrogen-bond donors (Lipinski definition) is 2. The maximum absolute atomic E-state index is 13.0. The quantitative estimate of drug-likeness (QED) is 0.792. The van der Waals surface area contributed by atoms with Crippen LogP contribution in [0.1, 0.15) is 31.2 Å². The first-order valence-corrected chi connectivity index (χ1v) is 10.3. The van der Waals surface area contributed by atoms with Crippen molar-refractivity contribution in [2.45, 2.75) is 43.8 Å². The highest BCUT2D eigenvalue weighted by Gasteiger charge is 2.43. The van der Waals surface area contributed by atoms with Crippen molar-refractivity contribution in [2.24, 2.45) is 0 Å². The molecule has 2 aliphatic rings. The number of carbonyl (C=O) groups excluding carboxylic acids is 1. The molecule has 2 fully saturated rings. The van der Waals surface area contributed by atoms with Gasteiger partial charge in [0.1, 0.15) is 5.54 Å². The number of anilines is 1. The monoisotopic (exact) mass is 390 g/mol. The predicted octanol–water partition coefficient (Wildman–Crippen LogP) is 3.52. The second kappa shape index (κ2) is 7.55. The highest BCUT2D eigenvalue weighted by molar-refractivity contribution is 7.13. The first-order valence-electron chi connectivity index (χ1n) is 9.09. The zero-order valence-electron chi connectivity index (χ0n) is 14.6. The van der Waals surface area contributed by atoms with Gasteiger partial charge in [-0.15, -0.1) is 11.3 Å². The Morgan fingerprint density at radius 1 is 1.31 bits per heavy atom. The number of thiazole rings is 1. The van der Waals surface area contributed by atoms with Crippen LogP contribution in [0.2, 0.25) is 5.02 Å². The fourth-order valence-electron chi connectivity index (χ4n) is 3.41. The van der Waals surface area contributed by atoms with Gasteiger partial charge in [-0.3, -0.25) is 9.69 Å². The van der Waals surface area contributed by atoms with Crippen LogP contribution in [-0.2, 0) is 11.3 Å². The van der Waals surface area contributed by atoms with Gasteiger partial charge < -0.3 is 10.6 Å². The molecule has 5 nitrogen and oxygen atoms in total. The fraction of sp³-hybridized carbons (Fsp3) is 0.474. The minimum Gasteiger partial charge on any atom is -0.351 e. The number of amides is 1. The molecule has 0 unspecified atom stereocenters. The van der Waals surface area contributed by atoms with E-state index in [2.05, 4.69) is 26.6 Å². The molecule has 1 aromatic heterocycles. The van der Waals surface area contributed by atoms with Crippen LogP contribution in [0.5, 0.6) is 0 Å². The number of aromatic nitrogens is 1. The number of piperidine rings is 1. The van der Waals surface area contributed by atoms with E-state index in [1.54, 1.807) is 6.20 Å². The van der Waals surface area contributed by atoms with E-state index < -0.39 is 5.54 Å². The molecule has 2 heterocycles. The third-order valence-corrected chi connectivity index (χ3v) is 6.24. The van der Waals surface area contributed by atoms with E-state index in [4.69, 9.17) is 11.6 Å². The maximum atomic E-state index is 13.0. The van der Waals surface area contributed by atoms with E-state index in [1.165, 1.54) is 11.3 Å². The minimum atomic E-state index is -0.572. The van der Waals surface area contributed by atoms with Crippen LogP contribution in [0.3, 0.4) is 0 Å². The summed E-state index contributed by atoms with van der Waals surface area (Å²) in [5.41, 5.74) is 0.564. The molecule has 26 heavy (non-hydrogen) atoms. The molecular formula is C19H23ClN4OS. The van der Waals surface area contributed by atoms with Crippen LogP contribution in [0.4, 0.5) is 5.13 Å². The lowest BCUT2D eigenvalue weighted by Gasteiger charge is -2.41. The van der Waals surface area contributed by atoms with Crippen molar-refractivity contribution in [1.82, 2.24) is 15.2 Å². The van der Waals surface area contributed by atoms with Gasteiger partial charge in [0.15, 0.2) is 5.13 Å². The Balaban J connectivity index is 1.44. The Morgan fingerprint density at radius 2 is 2.08 bits per heavy atom.